The quantitative estimate of drug-likeness (QED) is 0.815. The van der Waals surface area contributed by atoms with Crippen molar-refractivity contribution in [1.29, 1.82) is 0 Å². The van der Waals surface area contributed by atoms with Crippen molar-refractivity contribution in [2.24, 2.45) is 13.0 Å². The van der Waals surface area contributed by atoms with E-state index in [1.165, 1.54) is 24.1 Å². The lowest BCUT2D eigenvalue weighted by molar-refractivity contribution is 0.0857. The molecule has 4 unspecified atom stereocenters. The molecule has 4 atom stereocenters. The summed E-state index contributed by atoms with van der Waals surface area (Å²) in [4.78, 5) is 1.52. The number of hydrogen-bond acceptors (Lipinski definition) is 5. The van der Waals surface area contributed by atoms with Crippen LogP contribution in [-0.4, -0.2) is 45.0 Å². The SMILES string of the molecule is CCNC(Cc1nnn(C)n1)C1CC2CCC1O2. The van der Waals surface area contributed by atoms with Crippen LogP contribution in [0.2, 0.25) is 0 Å². The monoisotopic (exact) mass is 251 g/mol. The van der Waals surface area contributed by atoms with Crippen LogP contribution in [-0.2, 0) is 18.2 Å². The van der Waals surface area contributed by atoms with Crippen molar-refractivity contribution < 1.29 is 4.74 Å². The third-order valence-electron chi connectivity index (χ3n) is 4.09. The Bertz CT molecular complexity index is 407. The molecule has 2 aliphatic rings. The van der Waals surface area contributed by atoms with Crippen molar-refractivity contribution in [3.63, 3.8) is 0 Å². The Hall–Kier alpha value is -1.01. The minimum atomic E-state index is 0.412. The van der Waals surface area contributed by atoms with Gasteiger partial charge in [0.2, 0.25) is 0 Å². The van der Waals surface area contributed by atoms with Gasteiger partial charge in [-0.25, -0.2) is 0 Å². The van der Waals surface area contributed by atoms with Crippen molar-refractivity contribution in [1.82, 2.24) is 25.5 Å². The van der Waals surface area contributed by atoms with E-state index in [4.69, 9.17) is 4.74 Å². The van der Waals surface area contributed by atoms with Gasteiger partial charge in [0.15, 0.2) is 5.82 Å². The van der Waals surface area contributed by atoms with Crippen LogP contribution in [0.25, 0.3) is 0 Å². The van der Waals surface area contributed by atoms with E-state index in [0.29, 0.717) is 24.2 Å². The van der Waals surface area contributed by atoms with Gasteiger partial charge in [0.05, 0.1) is 19.3 Å². The fourth-order valence-corrected chi connectivity index (χ4v) is 3.34. The molecular formula is C12H21N5O. The van der Waals surface area contributed by atoms with E-state index < -0.39 is 0 Å². The normalized spacial score (nSPS) is 32.0. The minimum Gasteiger partial charge on any atom is -0.375 e. The zero-order valence-electron chi connectivity index (χ0n) is 11.0. The molecule has 2 fully saturated rings. The number of ether oxygens (including phenoxy) is 1. The lowest BCUT2D eigenvalue weighted by Crippen LogP contribution is -2.42. The first-order valence-corrected chi connectivity index (χ1v) is 6.88. The highest BCUT2D eigenvalue weighted by atomic mass is 16.5. The molecule has 3 rings (SSSR count). The molecule has 6 heteroatoms. The van der Waals surface area contributed by atoms with Crippen molar-refractivity contribution in [3.05, 3.63) is 5.82 Å². The summed E-state index contributed by atoms with van der Waals surface area (Å²) >= 11 is 0. The molecule has 0 amide bonds. The molecule has 1 aromatic heterocycles. The van der Waals surface area contributed by atoms with Crippen molar-refractivity contribution >= 4 is 0 Å². The Morgan fingerprint density at radius 2 is 2.39 bits per heavy atom. The van der Waals surface area contributed by atoms with Crippen LogP contribution >= 0.6 is 0 Å². The smallest absolute Gasteiger partial charge is 0.176 e. The first-order valence-electron chi connectivity index (χ1n) is 6.88. The number of rotatable bonds is 5. The van der Waals surface area contributed by atoms with Crippen molar-refractivity contribution in [2.75, 3.05) is 6.54 Å². The van der Waals surface area contributed by atoms with Crippen LogP contribution in [0.3, 0.4) is 0 Å². The lowest BCUT2D eigenvalue weighted by atomic mass is 9.82. The van der Waals surface area contributed by atoms with Gasteiger partial charge in [-0.2, -0.15) is 4.80 Å². The van der Waals surface area contributed by atoms with E-state index in [0.717, 1.165) is 18.8 Å². The topological polar surface area (TPSA) is 64.9 Å². The first kappa shape index (κ1) is 12.0. The largest absolute Gasteiger partial charge is 0.375 e. The molecule has 0 saturated carbocycles. The van der Waals surface area contributed by atoms with E-state index in [2.05, 4.69) is 27.7 Å². The van der Waals surface area contributed by atoms with E-state index in [1.807, 2.05) is 0 Å². The van der Waals surface area contributed by atoms with Crippen LogP contribution in [0, 0.1) is 5.92 Å². The summed E-state index contributed by atoms with van der Waals surface area (Å²) in [6.45, 7) is 3.12. The minimum absolute atomic E-state index is 0.412. The lowest BCUT2D eigenvalue weighted by Gasteiger charge is -2.28. The van der Waals surface area contributed by atoms with Gasteiger partial charge in [-0.05, 0) is 31.0 Å². The fraction of sp³-hybridized carbons (Fsp3) is 0.917. The van der Waals surface area contributed by atoms with Crippen LogP contribution in [0.15, 0.2) is 0 Å². The molecule has 100 valence electrons. The molecule has 0 radical (unpaired) electrons. The number of nitrogens with zero attached hydrogens (tertiary/aromatic N) is 4. The summed E-state index contributed by atoms with van der Waals surface area (Å²) < 4.78 is 5.95. The Kier molecular flexibility index (Phi) is 3.30. The average Bonchev–Trinajstić information content (AvgIpc) is 3.05. The number of fused-ring (bicyclic) bond motifs is 2. The van der Waals surface area contributed by atoms with Gasteiger partial charge in [0, 0.05) is 18.4 Å². The number of tetrazole rings is 1. The average molecular weight is 251 g/mol. The van der Waals surface area contributed by atoms with Gasteiger partial charge in [0.1, 0.15) is 0 Å². The van der Waals surface area contributed by atoms with Crippen LogP contribution in [0.4, 0.5) is 0 Å². The zero-order chi connectivity index (χ0) is 12.5. The van der Waals surface area contributed by atoms with Crippen molar-refractivity contribution in [2.45, 2.75) is 50.9 Å². The van der Waals surface area contributed by atoms with Gasteiger partial charge in [-0.1, -0.05) is 6.92 Å². The van der Waals surface area contributed by atoms with E-state index in [9.17, 15) is 0 Å². The van der Waals surface area contributed by atoms with Gasteiger partial charge in [0.25, 0.3) is 0 Å². The number of aromatic nitrogens is 4. The predicted octanol–water partition coefficient (Wildman–Crippen LogP) is 0.298. The van der Waals surface area contributed by atoms with Crippen LogP contribution < -0.4 is 5.32 Å². The second-order valence-corrected chi connectivity index (χ2v) is 5.34. The number of likely N-dealkylation sites (N-methyl/N-ethyl adjacent to an activating group) is 1. The molecule has 0 aromatic carbocycles. The van der Waals surface area contributed by atoms with Crippen LogP contribution in [0.5, 0.6) is 0 Å². The zero-order valence-corrected chi connectivity index (χ0v) is 11.0. The summed E-state index contributed by atoms with van der Waals surface area (Å²) in [6.07, 6.45) is 5.42. The summed E-state index contributed by atoms with van der Waals surface area (Å²) in [6, 6.07) is 0.412. The highest BCUT2D eigenvalue weighted by molar-refractivity contribution is 4.98. The number of aryl methyl sites for hydroxylation is 1. The molecule has 2 saturated heterocycles. The molecule has 0 aliphatic carbocycles. The van der Waals surface area contributed by atoms with Gasteiger partial charge >= 0.3 is 0 Å². The molecule has 3 heterocycles. The van der Waals surface area contributed by atoms with E-state index >= 15 is 0 Å². The number of hydrogen-bond donors (Lipinski definition) is 1. The molecular weight excluding hydrogens is 230 g/mol. The molecule has 2 aliphatic heterocycles. The Morgan fingerprint density at radius 1 is 1.50 bits per heavy atom. The molecule has 1 N–H and O–H groups in total. The fourth-order valence-electron chi connectivity index (χ4n) is 3.34. The standard InChI is InChI=1S/C12H21N5O/c1-3-13-10(7-12-14-16-17(2)15-12)9-6-8-4-5-11(9)18-8/h8-11,13H,3-7H2,1-2H3. The Morgan fingerprint density at radius 3 is 2.94 bits per heavy atom. The molecule has 2 bridgehead atoms. The molecule has 0 spiro atoms. The van der Waals surface area contributed by atoms with Gasteiger partial charge in [-0.3, -0.25) is 0 Å². The Balaban J connectivity index is 1.68. The van der Waals surface area contributed by atoms with Gasteiger partial charge < -0.3 is 10.1 Å². The van der Waals surface area contributed by atoms with Crippen molar-refractivity contribution in [3.8, 4) is 0 Å². The molecule has 18 heavy (non-hydrogen) atoms. The highest BCUT2D eigenvalue weighted by Gasteiger charge is 2.44. The summed E-state index contributed by atoms with van der Waals surface area (Å²) in [5.41, 5.74) is 0. The second-order valence-electron chi connectivity index (χ2n) is 5.34. The maximum Gasteiger partial charge on any atom is 0.176 e. The molecule has 6 nitrogen and oxygen atoms in total. The highest BCUT2D eigenvalue weighted by Crippen LogP contribution is 2.40. The van der Waals surface area contributed by atoms with E-state index in [-0.39, 0.29) is 0 Å². The summed E-state index contributed by atoms with van der Waals surface area (Å²) in [7, 11) is 1.80. The van der Waals surface area contributed by atoms with E-state index in [1.54, 1.807) is 7.05 Å². The molecule has 1 aromatic rings. The number of nitrogens with one attached hydrogen (secondary N) is 1. The maximum absolute atomic E-state index is 5.95. The third kappa shape index (κ3) is 2.27. The summed E-state index contributed by atoms with van der Waals surface area (Å²) in [5.74, 6) is 1.43. The third-order valence-corrected chi connectivity index (χ3v) is 4.09. The maximum atomic E-state index is 5.95. The second kappa shape index (κ2) is 4.93. The summed E-state index contributed by atoms with van der Waals surface area (Å²) in [5, 5.41) is 15.8. The first-order chi connectivity index (χ1) is 8.76. The van der Waals surface area contributed by atoms with Gasteiger partial charge in [-0.15, -0.1) is 10.2 Å². The Labute approximate surface area is 107 Å². The van der Waals surface area contributed by atoms with Crippen LogP contribution in [0.1, 0.15) is 32.0 Å². The predicted molar refractivity (Wildman–Crippen MR) is 66.0 cm³/mol.